The molecule has 20 heavy (non-hydrogen) atoms. The molecule has 0 bridgehead atoms. The highest BCUT2D eigenvalue weighted by atomic mass is 35.5. The van der Waals surface area contributed by atoms with Crippen molar-refractivity contribution in [3.8, 4) is 0 Å². The Kier molecular flexibility index (Phi) is 6.63. The lowest BCUT2D eigenvalue weighted by molar-refractivity contribution is 0.0996. The molecule has 2 unspecified atom stereocenters. The van der Waals surface area contributed by atoms with Crippen LogP contribution >= 0.6 is 23.2 Å². The van der Waals surface area contributed by atoms with E-state index in [-0.39, 0.29) is 6.04 Å². The van der Waals surface area contributed by atoms with Gasteiger partial charge >= 0.3 is 0 Å². The summed E-state index contributed by atoms with van der Waals surface area (Å²) in [5, 5.41) is 4.88. The van der Waals surface area contributed by atoms with Crippen LogP contribution in [0.4, 0.5) is 0 Å². The lowest BCUT2D eigenvalue weighted by Crippen LogP contribution is -2.24. The molecule has 112 valence electrons. The fraction of sp³-hybridized carbons (Fsp3) is 0.625. The van der Waals surface area contributed by atoms with Gasteiger partial charge in [-0.15, -0.1) is 0 Å². The minimum absolute atomic E-state index is 0.255. The molecule has 0 spiro atoms. The molecule has 0 saturated carbocycles. The molecule has 2 atom stereocenters. The van der Waals surface area contributed by atoms with E-state index >= 15 is 0 Å². The van der Waals surface area contributed by atoms with E-state index in [0.29, 0.717) is 16.1 Å². The second-order valence-corrected chi connectivity index (χ2v) is 6.15. The van der Waals surface area contributed by atoms with Gasteiger partial charge in [0.2, 0.25) is 0 Å². The van der Waals surface area contributed by atoms with E-state index in [0.717, 1.165) is 38.0 Å². The van der Waals surface area contributed by atoms with Crippen molar-refractivity contribution in [3.63, 3.8) is 0 Å². The molecule has 2 rings (SSSR count). The lowest BCUT2D eigenvalue weighted by atomic mass is 9.99. The Morgan fingerprint density at radius 1 is 1.40 bits per heavy atom. The minimum atomic E-state index is 0.255. The van der Waals surface area contributed by atoms with Crippen LogP contribution < -0.4 is 5.32 Å². The van der Waals surface area contributed by atoms with Gasteiger partial charge in [0, 0.05) is 12.6 Å². The van der Waals surface area contributed by atoms with Crippen molar-refractivity contribution in [2.75, 3.05) is 13.2 Å². The van der Waals surface area contributed by atoms with Crippen molar-refractivity contribution in [1.82, 2.24) is 5.32 Å². The molecule has 1 N–H and O–H groups in total. The first-order valence-corrected chi connectivity index (χ1v) is 8.27. The molecular formula is C16H23Cl2NO. The Hall–Kier alpha value is -0.280. The molecule has 1 aromatic rings. The van der Waals surface area contributed by atoms with Crippen LogP contribution in [0.25, 0.3) is 0 Å². The summed E-state index contributed by atoms with van der Waals surface area (Å²) in [6.45, 7) is 4.07. The highest BCUT2D eigenvalue weighted by Crippen LogP contribution is 2.33. The minimum Gasteiger partial charge on any atom is -0.378 e. The van der Waals surface area contributed by atoms with Crippen LogP contribution in [0.5, 0.6) is 0 Å². The molecular weight excluding hydrogens is 293 g/mol. The summed E-state index contributed by atoms with van der Waals surface area (Å²) in [6, 6.07) is 6.13. The average Bonchev–Trinajstić information content (AvgIpc) is 2.96. The number of nitrogens with one attached hydrogen (secondary N) is 1. The fourth-order valence-corrected chi connectivity index (χ4v) is 3.14. The third-order valence-electron chi connectivity index (χ3n) is 3.80. The van der Waals surface area contributed by atoms with E-state index in [1.165, 1.54) is 12.8 Å². The first-order chi connectivity index (χ1) is 9.72. The number of benzene rings is 1. The Morgan fingerprint density at radius 2 is 2.25 bits per heavy atom. The Morgan fingerprint density at radius 3 is 2.95 bits per heavy atom. The van der Waals surface area contributed by atoms with Crippen molar-refractivity contribution in [2.24, 2.45) is 0 Å². The summed E-state index contributed by atoms with van der Waals surface area (Å²) in [6.07, 6.45) is 6.00. The average molecular weight is 316 g/mol. The third-order valence-corrected chi connectivity index (χ3v) is 4.63. The first-order valence-electron chi connectivity index (χ1n) is 7.51. The smallest absolute Gasteiger partial charge is 0.0640 e. The van der Waals surface area contributed by atoms with Gasteiger partial charge in [0.15, 0.2) is 0 Å². The number of ether oxygens (including phenoxy) is 1. The molecule has 4 heteroatoms. The number of hydrogen-bond donors (Lipinski definition) is 1. The molecule has 1 fully saturated rings. The van der Waals surface area contributed by atoms with Crippen LogP contribution in [0.1, 0.15) is 50.6 Å². The summed E-state index contributed by atoms with van der Waals surface area (Å²) >= 11 is 12.5. The second kappa shape index (κ2) is 8.23. The standard InChI is InChI=1S/C16H23Cl2NO/c1-2-10-19-15(9-8-12-5-4-11-20-12)13-6-3-7-14(17)16(13)18/h3,6-7,12,15,19H,2,4-5,8-11H2,1H3. The van der Waals surface area contributed by atoms with Crippen molar-refractivity contribution in [3.05, 3.63) is 33.8 Å². The third kappa shape index (κ3) is 4.36. The Balaban J connectivity index is 2.03. The van der Waals surface area contributed by atoms with Crippen LogP contribution in [0, 0.1) is 0 Å². The van der Waals surface area contributed by atoms with Crippen molar-refractivity contribution < 1.29 is 4.74 Å². The SMILES string of the molecule is CCCNC(CCC1CCCO1)c1cccc(Cl)c1Cl. The molecule has 1 heterocycles. The van der Waals surface area contributed by atoms with Gasteiger partial charge in [-0.2, -0.15) is 0 Å². The molecule has 1 saturated heterocycles. The first kappa shape index (κ1) is 16.1. The lowest BCUT2D eigenvalue weighted by Gasteiger charge is -2.22. The topological polar surface area (TPSA) is 21.3 Å². The van der Waals surface area contributed by atoms with Crippen molar-refractivity contribution >= 4 is 23.2 Å². The molecule has 0 radical (unpaired) electrons. The van der Waals surface area contributed by atoms with E-state index in [4.69, 9.17) is 27.9 Å². The Labute approximate surface area is 131 Å². The van der Waals surface area contributed by atoms with Gasteiger partial charge in [-0.1, -0.05) is 42.3 Å². The van der Waals surface area contributed by atoms with E-state index in [1.54, 1.807) is 0 Å². The number of rotatable bonds is 7. The van der Waals surface area contributed by atoms with Gasteiger partial charge in [0.1, 0.15) is 0 Å². The van der Waals surface area contributed by atoms with E-state index in [2.05, 4.69) is 18.3 Å². The monoisotopic (exact) mass is 315 g/mol. The molecule has 0 aliphatic carbocycles. The van der Waals surface area contributed by atoms with Crippen LogP contribution in [-0.2, 0) is 4.74 Å². The predicted molar refractivity (Wildman–Crippen MR) is 85.7 cm³/mol. The van der Waals surface area contributed by atoms with Crippen molar-refractivity contribution in [2.45, 2.75) is 51.2 Å². The van der Waals surface area contributed by atoms with Gasteiger partial charge in [0.25, 0.3) is 0 Å². The summed E-state index contributed by atoms with van der Waals surface area (Å²) in [7, 11) is 0. The number of halogens is 2. The van der Waals surface area contributed by atoms with Crippen LogP contribution in [0.3, 0.4) is 0 Å². The van der Waals surface area contributed by atoms with Gasteiger partial charge < -0.3 is 10.1 Å². The summed E-state index contributed by atoms with van der Waals surface area (Å²) < 4.78 is 5.71. The zero-order valence-corrected chi connectivity index (χ0v) is 13.5. The highest BCUT2D eigenvalue weighted by Gasteiger charge is 2.20. The second-order valence-electron chi connectivity index (χ2n) is 5.36. The highest BCUT2D eigenvalue weighted by molar-refractivity contribution is 6.42. The number of hydrogen-bond acceptors (Lipinski definition) is 2. The maximum absolute atomic E-state index is 6.36. The summed E-state index contributed by atoms with van der Waals surface area (Å²) in [5.41, 5.74) is 1.10. The van der Waals surface area contributed by atoms with E-state index < -0.39 is 0 Å². The molecule has 1 aliphatic heterocycles. The van der Waals surface area contributed by atoms with Crippen LogP contribution in [-0.4, -0.2) is 19.3 Å². The maximum atomic E-state index is 6.36. The molecule has 0 aromatic heterocycles. The van der Waals surface area contributed by atoms with E-state index in [9.17, 15) is 0 Å². The van der Waals surface area contributed by atoms with Gasteiger partial charge in [-0.25, -0.2) is 0 Å². The summed E-state index contributed by atoms with van der Waals surface area (Å²) in [5.74, 6) is 0. The van der Waals surface area contributed by atoms with Gasteiger partial charge in [-0.05, 0) is 50.3 Å². The van der Waals surface area contributed by atoms with Crippen LogP contribution in [0.15, 0.2) is 18.2 Å². The fourth-order valence-electron chi connectivity index (χ4n) is 2.70. The van der Waals surface area contributed by atoms with Crippen LogP contribution in [0.2, 0.25) is 10.0 Å². The quantitative estimate of drug-likeness (QED) is 0.765. The van der Waals surface area contributed by atoms with Gasteiger partial charge in [0.05, 0.1) is 16.1 Å². The zero-order chi connectivity index (χ0) is 14.4. The zero-order valence-electron chi connectivity index (χ0n) is 12.0. The normalized spacial score (nSPS) is 20.2. The molecule has 1 aromatic carbocycles. The van der Waals surface area contributed by atoms with E-state index in [1.807, 2.05) is 12.1 Å². The van der Waals surface area contributed by atoms with Crippen molar-refractivity contribution in [1.29, 1.82) is 0 Å². The largest absolute Gasteiger partial charge is 0.378 e. The predicted octanol–water partition coefficient (Wildman–Crippen LogP) is 4.99. The van der Waals surface area contributed by atoms with Gasteiger partial charge in [-0.3, -0.25) is 0 Å². The Bertz CT molecular complexity index is 419. The molecule has 2 nitrogen and oxygen atoms in total. The molecule has 1 aliphatic rings. The summed E-state index contributed by atoms with van der Waals surface area (Å²) in [4.78, 5) is 0. The molecule has 0 amide bonds. The maximum Gasteiger partial charge on any atom is 0.0640 e.